The van der Waals surface area contributed by atoms with Gasteiger partial charge in [0.2, 0.25) is 5.91 Å². The molecule has 4 rings (SSSR count). The van der Waals surface area contributed by atoms with Gasteiger partial charge in [-0.25, -0.2) is 4.39 Å². The highest BCUT2D eigenvalue weighted by atomic mass is 19.1. The molecule has 1 saturated carbocycles. The number of hydrogen-bond acceptors (Lipinski definition) is 4. The minimum Gasteiger partial charge on any atom is -0.370 e. The molecule has 0 bridgehead atoms. The number of hydrogen-bond donors (Lipinski definition) is 2. The molecule has 2 aliphatic heterocycles. The Hall–Kier alpha value is -2.13. The summed E-state index contributed by atoms with van der Waals surface area (Å²) in [5.41, 5.74) is 1.69. The van der Waals surface area contributed by atoms with Gasteiger partial charge in [-0.15, -0.1) is 0 Å². The number of fused-ring (bicyclic) bond motifs is 1. The predicted molar refractivity (Wildman–Crippen MR) is 92.8 cm³/mol. The highest BCUT2D eigenvalue weighted by Crippen LogP contribution is 2.40. The zero-order valence-electron chi connectivity index (χ0n) is 14.1. The molecule has 3 fully saturated rings. The van der Waals surface area contributed by atoms with Crippen molar-refractivity contribution in [3.8, 4) is 6.07 Å². The standard InChI is InChI=1S/C19H23FN4O/c20-14-7-17(22-9-14)19(25)23-16-6-5-13-10-24(11-15(13)16)18-4-2-1-3-12(18)8-21/h1-4,13-17,22H,5-7,9-11H2,(H,23,25)/t13-,14?,15+,16+,17+/m1/s1. The fraction of sp³-hybridized carbons (Fsp3) is 0.579. The normalized spacial score (nSPS) is 33.9. The Bertz CT molecular complexity index is 703. The first-order valence-corrected chi connectivity index (χ1v) is 9.07. The molecule has 6 heteroatoms. The minimum absolute atomic E-state index is 0.0679. The van der Waals surface area contributed by atoms with Crippen molar-refractivity contribution < 1.29 is 9.18 Å². The lowest BCUT2D eigenvalue weighted by molar-refractivity contribution is -0.123. The van der Waals surface area contributed by atoms with Gasteiger partial charge in [-0.3, -0.25) is 4.79 Å². The Morgan fingerprint density at radius 3 is 2.92 bits per heavy atom. The molecule has 3 aliphatic rings. The summed E-state index contributed by atoms with van der Waals surface area (Å²) in [7, 11) is 0. The van der Waals surface area contributed by atoms with Gasteiger partial charge in [0.25, 0.3) is 0 Å². The third-order valence-electron chi connectivity index (χ3n) is 5.94. The molecule has 5 atom stereocenters. The summed E-state index contributed by atoms with van der Waals surface area (Å²) in [6.07, 6.45) is 1.43. The molecule has 5 nitrogen and oxygen atoms in total. The van der Waals surface area contributed by atoms with Gasteiger partial charge >= 0.3 is 0 Å². The van der Waals surface area contributed by atoms with Crippen molar-refractivity contribution in [1.29, 1.82) is 5.26 Å². The van der Waals surface area contributed by atoms with Crippen LogP contribution in [0.2, 0.25) is 0 Å². The summed E-state index contributed by atoms with van der Waals surface area (Å²) < 4.78 is 13.3. The van der Waals surface area contributed by atoms with Gasteiger partial charge in [0.15, 0.2) is 0 Å². The Labute approximate surface area is 147 Å². The number of benzene rings is 1. The largest absolute Gasteiger partial charge is 0.370 e. The van der Waals surface area contributed by atoms with E-state index in [-0.39, 0.29) is 24.9 Å². The van der Waals surface area contributed by atoms with Crippen LogP contribution in [-0.4, -0.2) is 43.8 Å². The number of amides is 1. The van der Waals surface area contributed by atoms with Gasteiger partial charge in [-0.05, 0) is 30.9 Å². The van der Waals surface area contributed by atoms with Gasteiger partial charge < -0.3 is 15.5 Å². The Morgan fingerprint density at radius 1 is 1.32 bits per heavy atom. The summed E-state index contributed by atoms with van der Waals surface area (Å²) in [5.74, 6) is 0.877. The second-order valence-corrected chi connectivity index (χ2v) is 7.44. The first kappa shape index (κ1) is 16.3. The van der Waals surface area contributed by atoms with E-state index in [0.29, 0.717) is 17.4 Å². The maximum Gasteiger partial charge on any atom is 0.237 e. The van der Waals surface area contributed by atoms with Gasteiger partial charge in [0, 0.05) is 38.0 Å². The van der Waals surface area contributed by atoms with Crippen LogP contribution in [0, 0.1) is 23.2 Å². The highest BCUT2D eigenvalue weighted by molar-refractivity contribution is 5.82. The fourth-order valence-electron chi connectivity index (χ4n) is 4.66. The van der Waals surface area contributed by atoms with Crippen molar-refractivity contribution in [2.45, 2.75) is 37.5 Å². The molecule has 0 radical (unpaired) electrons. The van der Waals surface area contributed by atoms with Gasteiger partial charge in [0.05, 0.1) is 17.3 Å². The third-order valence-corrected chi connectivity index (χ3v) is 5.94. The molecule has 1 aromatic rings. The van der Waals surface area contributed by atoms with E-state index in [1.807, 2.05) is 24.3 Å². The number of rotatable bonds is 3. The molecule has 2 saturated heterocycles. The van der Waals surface area contributed by atoms with Crippen LogP contribution in [0.15, 0.2) is 24.3 Å². The zero-order valence-corrected chi connectivity index (χ0v) is 14.1. The summed E-state index contributed by atoms with van der Waals surface area (Å²) in [4.78, 5) is 14.7. The van der Waals surface area contributed by atoms with E-state index in [9.17, 15) is 14.4 Å². The van der Waals surface area contributed by atoms with Crippen molar-refractivity contribution in [2.24, 2.45) is 11.8 Å². The first-order chi connectivity index (χ1) is 12.2. The minimum atomic E-state index is -0.920. The zero-order chi connectivity index (χ0) is 17.4. The Morgan fingerprint density at radius 2 is 2.16 bits per heavy atom. The summed E-state index contributed by atoms with van der Waals surface area (Å²) in [6.45, 7) is 2.07. The van der Waals surface area contributed by atoms with E-state index in [1.54, 1.807) is 0 Å². The van der Waals surface area contributed by atoms with E-state index in [2.05, 4.69) is 21.6 Å². The third kappa shape index (κ3) is 3.09. The lowest BCUT2D eigenvalue weighted by Crippen LogP contribution is -2.47. The maximum atomic E-state index is 13.3. The smallest absolute Gasteiger partial charge is 0.237 e. The number of nitriles is 1. The molecule has 2 heterocycles. The van der Waals surface area contributed by atoms with Crippen LogP contribution in [0.1, 0.15) is 24.8 Å². The quantitative estimate of drug-likeness (QED) is 0.875. The molecule has 1 amide bonds. The molecule has 0 aromatic heterocycles. The number of alkyl halides is 1. The second-order valence-electron chi connectivity index (χ2n) is 7.44. The van der Waals surface area contributed by atoms with Crippen LogP contribution in [0.5, 0.6) is 0 Å². The van der Waals surface area contributed by atoms with Gasteiger partial charge in [-0.2, -0.15) is 5.26 Å². The summed E-state index contributed by atoms with van der Waals surface area (Å²) in [5, 5.41) is 15.4. The van der Waals surface area contributed by atoms with Crippen LogP contribution < -0.4 is 15.5 Å². The number of para-hydroxylation sites is 1. The molecule has 25 heavy (non-hydrogen) atoms. The monoisotopic (exact) mass is 342 g/mol. The lowest BCUT2D eigenvalue weighted by Gasteiger charge is -2.24. The number of nitrogens with zero attached hydrogens (tertiary/aromatic N) is 2. The fourth-order valence-corrected chi connectivity index (χ4v) is 4.66. The molecule has 2 N–H and O–H groups in total. The van der Waals surface area contributed by atoms with Crippen LogP contribution in [-0.2, 0) is 4.79 Å². The molecular weight excluding hydrogens is 319 g/mol. The van der Waals surface area contributed by atoms with Crippen LogP contribution in [0.3, 0.4) is 0 Å². The van der Waals surface area contributed by atoms with E-state index < -0.39 is 12.2 Å². The van der Waals surface area contributed by atoms with Crippen LogP contribution in [0.25, 0.3) is 0 Å². The lowest BCUT2D eigenvalue weighted by atomic mass is 9.97. The van der Waals surface area contributed by atoms with E-state index in [0.717, 1.165) is 31.6 Å². The van der Waals surface area contributed by atoms with E-state index in [1.165, 1.54) is 0 Å². The van der Waals surface area contributed by atoms with E-state index >= 15 is 0 Å². The predicted octanol–water partition coefficient (Wildman–Crippen LogP) is 1.59. The second kappa shape index (κ2) is 6.64. The summed E-state index contributed by atoms with van der Waals surface area (Å²) in [6, 6.07) is 9.71. The molecule has 132 valence electrons. The van der Waals surface area contributed by atoms with Crippen molar-refractivity contribution in [1.82, 2.24) is 10.6 Å². The Balaban J connectivity index is 1.42. The average Bonchev–Trinajstić information content (AvgIpc) is 3.32. The highest BCUT2D eigenvalue weighted by Gasteiger charge is 2.44. The number of carbonyl (C=O) groups excluding carboxylic acids is 1. The van der Waals surface area contributed by atoms with Crippen molar-refractivity contribution >= 4 is 11.6 Å². The van der Waals surface area contributed by atoms with Crippen molar-refractivity contribution in [3.63, 3.8) is 0 Å². The molecule has 1 aromatic carbocycles. The molecule has 1 unspecified atom stereocenters. The molecular formula is C19H23FN4O. The first-order valence-electron chi connectivity index (χ1n) is 9.07. The SMILES string of the molecule is N#Cc1ccccc1N1C[C@H]2CC[C@H](NC(=O)[C@@H]3CC(F)CN3)[C@H]2C1. The van der Waals surface area contributed by atoms with E-state index in [4.69, 9.17) is 0 Å². The average molecular weight is 342 g/mol. The van der Waals surface area contributed by atoms with Crippen LogP contribution >= 0.6 is 0 Å². The van der Waals surface area contributed by atoms with Gasteiger partial charge in [0.1, 0.15) is 12.2 Å². The topological polar surface area (TPSA) is 68.2 Å². The maximum absolute atomic E-state index is 13.3. The van der Waals surface area contributed by atoms with Crippen LogP contribution in [0.4, 0.5) is 10.1 Å². The van der Waals surface area contributed by atoms with Crippen molar-refractivity contribution in [2.75, 3.05) is 24.5 Å². The van der Waals surface area contributed by atoms with Gasteiger partial charge in [-0.1, -0.05) is 12.1 Å². The number of nitrogens with one attached hydrogen (secondary N) is 2. The van der Waals surface area contributed by atoms with Crippen molar-refractivity contribution in [3.05, 3.63) is 29.8 Å². The summed E-state index contributed by atoms with van der Waals surface area (Å²) >= 11 is 0. The number of carbonyl (C=O) groups is 1. The number of anilines is 1. The number of halogens is 1. The molecule has 0 spiro atoms. The Kier molecular flexibility index (Phi) is 4.34. The molecule has 1 aliphatic carbocycles.